The van der Waals surface area contributed by atoms with E-state index in [1.165, 1.54) is 0 Å². The molecule has 2 N–H and O–H groups in total. The predicted molar refractivity (Wildman–Crippen MR) is 62.3 cm³/mol. The smallest absolute Gasteiger partial charge is 0.554 e. The minimum absolute atomic E-state index is 0. The fourth-order valence-electron chi connectivity index (χ4n) is 0.947. The number of aliphatic hydroxyl groups excluding tert-OH is 1. The fraction of sp³-hybridized carbons (Fsp3) is 0.833. The molecule has 93 valence electrons. The van der Waals surface area contributed by atoms with Crippen molar-refractivity contribution in [1.82, 2.24) is 5.32 Å². The third kappa shape index (κ3) is 8.90. The summed E-state index contributed by atoms with van der Waals surface area (Å²) < 4.78 is 31.8. The molecule has 0 aliphatic carbocycles. The van der Waals surface area contributed by atoms with Gasteiger partial charge in [0.1, 0.15) is 0 Å². The summed E-state index contributed by atoms with van der Waals surface area (Å²) in [6.07, 6.45) is 0.761. The molecule has 1 atom stereocenters. The first kappa shape index (κ1) is 18.5. The monoisotopic (exact) mass is 560 g/mol. The van der Waals surface area contributed by atoms with Gasteiger partial charge in [-0.1, -0.05) is 6.55 Å². The predicted octanol–water partition coefficient (Wildman–Crippen LogP) is -1.10. The Labute approximate surface area is 102 Å². The van der Waals surface area contributed by atoms with Crippen LogP contribution in [0.1, 0.15) is 6.42 Å². The number of hydrogen-bond donors (Lipinski definition) is 2. The van der Waals surface area contributed by atoms with Crippen LogP contribution in [-0.4, -0.2) is 54.1 Å². The van der Waals surface area contributed by atoms with E-state index in [4.69, 9.17) is 13.3 Å². The Hall–Kier alpha value is -0.852. The Morgan fingerprint density at radius 2 is 2.18 bits per heavy atom. The van der Waals surface area contributed by atoms with Crippen molar-refractivity contribution < 1.29 is 22.3 Å². The molecule has 0 aromatic rings. The summed E-state index contributed by atoms with van der Waals surface area (Å²) >= 11 is 0. The summed E-state index contributed by atoms with van der Waals surface area (Å²) in [4.78, 5) is 0. The molecule has 0 spiro atoms. The van der Waals surface area contributed by atoms with Gasteiger partial charge in [0.15, 0.2) is 0 Å². The average molecular weight is 561 g/mol. The number of rotatable bonds is 10. The average Bonchev–Trinajstić information content (AvgIpc) is 2.25. The summed E-state index contributed by atoms with van der Waals surface area (Å²) in [5.41, 5.74) is 0. The third-order valence-electron chi connectivity index (χ3n) is 1.64. The zero-order valence-electron chi connectivity index (χ0n) is 9.99. The molecule has 0 saturated carbocycles. The van der Waals surface area contributed by atoms with E-state index >= 15 is 0 Å². The van der Waals surface area contributed by atoms with Crippen LogP contribution in [0.25, 0.3) is 0 Å². The van der Waals surface area contributed by atoms with Gasteiger partial charge < -0.3 is 28.3 Å². The van der Waals surface area contributed by atoms with Crippen LogP contribution < -0.4 is 5.32 Å². The van der Waals surface area contributed by atoms with Crippen LogP contribution in [0.3, 0.4) is 0 Å². The molecule has 3 radical (unpaired) electrons. The zero-order chi connectivity index (χ0) is 12.4. The Morgan fingerprint density at radius 1 is 1.53 bits per heavy atom. The van der Waals surface area contributed by atoms with E-state index in [0.717, 1.165) is 6.42 Å². The van der Waals surface area contributed by atoms with E-state index in [1.54, 1.807) is 6.55 Å². The molecule has 11 heteroatoms. The molecule has 0 heterocycles. The number of nitrogens with one attached hydrogen (secondary N) is 1. The van der Waals surface area contributed by atoms with Gasteiger partial charge in [0.05, 0.1) is 6.73 Å². The van der Waals surface area contributed by atoms with Gasteiger partial charge in [0, 0.05) is 9.04 Å². The van der Waals surface area contributed by atoms with Crippen molar-refractivity contribution in [2.45, 2.75) is 19.5 Å². The van der Waals surface area contributed by atoms with E-state index in [2.05, 4.69) is 5.32 Å². The second-order valence-corrected chi connectivity index (χ2v) is 12.0. The van der Waals surface area contributed by atoms with Crippen molar-refractivity contribution in [3.8, 4) is 0 Å². The Morgan fingerprint density at radius 3 is 2.65 bits per heavy atom. The Balaban J connectivity index is 0. The van der Waals surface area contributed by atoms with Crippen LogP contribution in [0.5, 0.6) is 0 Å². The maximum absolute atomic E-state index is 10.9. The Bertz CT molecular complexity index is 227. The fourth-order valence-corrected chi connectivity index (χ4v) is 8.37. The molecule has 0 aliphatic heterocycles. The van der Waals surface area contributed by atoms with Gasteiger partial charge in [-0.15, -0.1) is 0 Å². The van der Waals surface area contributed by atoms with E-state index in [1.807, 2.05) is 12.6 Å². The van der Waals surface area contributed by atoms with Gasteiger partial charge in [0.25, 0.3) is 0 Å². The SMILES string of the molecule is C[Si]([CH-]CCNCO)O[Si](C)(O[Si]=O)[Si]=O.[Rf]. The summed E-state index contributed by atoms with van der Waals surface area (Å²) in [7, 11) is -5.56. The van der Waals surface area contributed by atoms with Crippen LogP contribution in [-0.2, 0) is 17.2 Å². The van der Waals surface area contributed by atoms with Crippen LogP contribution in [0.2, 0.25) is 13.1 Å². The van der Waals surface area contributed by atoms with Gasteiger partial charge in [-0.25, -0.2) is 0 Å². The van der Waals surface area contributed by atoms with Crippen LogP contribution in [0, 0.1) is 6.04 Å². The number of hydrogen-bond acceptors (Lipinski definition) is 6. The van der Waals surface area contributed by atoms with Gasteiger partial charge in [0.2, 0.25) is 0 Å². The molecule has 0 aliphatic rings. The summed E-state index contributed by atoms with van der Waals surface area (Å²) in [5.74, 6) is 0. The summed E-state index contributed by atoms with van der Waals surface area (Å²) in [5, 5.41) is 11.3. The van der Waals surface area contributed by atoms with E-state index in [-0.39, 0.29) is 6.73 Å². The molecule has 0 amide bonds. The molecule has 1 unspecified atom stereocenters. The van der Waals surface area contributed by atoms with Crippen molar-refractivity contribution >= 4 is 35.7 Å². The van der Waals surface area contributed by atoms with Crippen molar-refractivity contribution in [2.24, 2.45) is 0 Å². The molecule has 0 aromatic heterocycles. The molecule has 0 bridgehead atoms. The zero-order valence-corrected chi connectivity index (χ0v) is 20.4. The quantitative estimate of drug-likeness (QED) is 0.153. The molecule has 0 fully saturated rings. The first-order valence-electron chi connectivity index (χ1n) is 4.70. The Kier molecular flexibility index (Phi) is 11.2. The van der Waals surface area contributed by atoms with Gasteiger partial charge in [-0.05, 0) is 13.1 Å². The standard InChI is InChI=1S/C6H15NO5Si4.Rf/c1-15(5-3-4-7-6-8)12-16(2,14-10)11-13-9;/h5,7-8H,3-4,6H2,1-2H3;/q-1;. The van der Waals surface area contributed by atoms with Gasteiger partial charge in [-0.3, -0.25) is 5.32 Å². The molecule has 0 aromatic carbocycles. The topological polar surface area (TPSA) is 84.9 Å². The third-order valence-corrected chi connectivity index (χ3v) is 10.6. The first-order valence-corrected chi connectivity index (χ1v) is 11.7. The van der Waals surface area contributed by atoms with E-state index in [9.17, 15) is 8.92 Å². The van der Waals surface area contributed by atoms with Crippen LogP contribution >= 0.6 is 0 Å². The van der Waals surface area contributed by atoms with Crippen LogP contribution in [0.15, 0.2) is 0 Å². The molecular formula is C6H15NO5RfSi4-. The van der Waals surface area contributed by atoms with Crippen molar-refractivity contribution in [2.75, 3.05) is 13.3 Å². The first-order chi connectivity index (χ1) is 7.58. The molecule has 0 rings (SSSR count). The molecular weight excluding hydrogens is 545 g/mol. The van der Waals surface area contributed by atoms with Gasteiger partial charge >= 0.3 is 26.7 Å². The second kappa shape index (κ2) is 10.3. The van der Waals surface area contributed by atoms with Gasteiger partial charge in [-0.2, -0.15) is 6.42 Å². The minimum Gasteiger partial charge on any atom is -0.554 e. The molecule has 6 nitrogen and oxygen atoms in total. The van der Waals surface area contributed by atoms with Crippen molar-refractivity contribution in [3.63, 3.8) is 0 Å². The van der Waals surface area contributed by atoms with Crippen LogP contribution in [0.4, 0.5) is 0 Å². The normalized spacial score (nSPS) is 13.6. The van der Waals surface area contributed by atoms with Crippen molar-refractivity contribution in [3.05, 3.63) is 6.04 Å². The molecule has 0 saturated heterocycles. The van der Waals surface area contributed by atoms with E-state index < -0.39 is 35.7 Å². The second-order valence-electron chi connectivity index (χ2n) is 3.10. The maximum atomic E-state index is 10.9. The molecule has 17 heavy (non-hydrogen) atoms. The minimum atomic E-state index is -2.74. The largest absolute Gasteiger partial charge is 0.580 e. The van der Waals surface area contributed by atoms with E-state index in [0.29, 0.717) is 6.54 Å². The number of aliphatic hydroxyl groups is 1. The summed E-state index contributed by atoms with van der Waals surface area (Å²) in [6, 6.07) is 1.98. The summed E-state index contributed by atoms with van der Waals surface area (Å²) in [6.45, 7) is 4.17. The van der Waals surface area contributed by atoms with Crippen molar-refractivity contribution in [1.29, 1.82) is 0 Å². The maximum Gasteiger partial charge on any atom is 0.580 e.